The summed E-state index contributed by atoms with van der Waals surface area (Å²) in [5.41, 5.74) is 20.3. The van der Waals surface area contributed by atoms with Gasteiger partial charge in [-0.25, -0.2) is 0 Å². The van der Waals surface area contributed by atoms with Crippen molar-refractivity contribution in [2.45, 2.75) is 24.7 Å². The molecule has 5 aliphatic rings. The number of anilines is 3. The van der Waals surface area contributed by atoms with E-state index < -0.39 is 0 Å². The highest BCUT2D eigenvalue weighted by molar-refractivity contribution is 5.90. The zero-order valence-electron chi connectivity index (χ0n) is 32.4. The number of fused-ring (bicyclic) bond motifs is 7. The maximum atomic E-state index is 2.55. The van der Waals surface area contributed by atoms with Crippen LogP contribution in [0.1, 0.15) is 30.4 Å². The fourth-order valence-electron chi connectivity index (χ4n) is 13.2. The summed E-state index contributed by atoms with van der Waals surface area (Å²) in [6.07, 6.45) is 4.36. The predicted molar refractivity (Wildman–Crippen MR) is 239 cm³/mol. The summed E-state index contributed by atoms with van der Waals surface area (Å²) >= 11 is 0. The molecule has 0 heterocycles. The standard InChI is InChI=1S/C57H43N/c1-4-12-37(13-5-1)40-20-25-47(26-21-40)58(48-27-22-41(23-28-48)38-14-6-2-7-15-38)49-31-43(39-16-8-3-9-17-39)30-44(32-49)42-24-29-53-51(33-42)50-18-10-11-19-52(50)57(53)54-35-45-34-46-36-55(57)56(45,46)54/h1-33,45-46,54-55H,34-36H2. The van der Waals surface area contributed by atoms with E-state index in [1.807, 2.05) is 0 Å². The van der Waals surface area contributed by atoms with E-state index >= 15 is 0 Å². The Balaban J connectivity index is 0.967. The van der Waals surface area contributed by atoms with Crippen LogP contribution in [0.3, 0.4) is 0 Å². The first-order valence-corrected chi connectivity index (χ1v) is 21.3. The third-order valence-corrected chi connectivity index (χ3v) is 15.5. The number of rotatable bonds is 7. The van der Waals surface area contributed by atoms with Crippen LogP contribution in [0.2, 0.25) is 0 Å². The van der Waals surface area contributed by atoms with Gasteiger partial charge in [-0.05, 0) is 164 Å². The van der Waals surface area contributed by atoms with Crippen molar-refractivity contribution in [1.29, 1.82) is 0 Å². The maximum Gasteiger partial charge on any atom is 0.0473 e. The van der Waals surface area contributed by atoms with Crippen molar-refractivity contribution in [3.05, 3.63) is 211 Å². The van der Waals surface area contributed by atoms with Gasteiger partial charge >= 0.3 is 0 Å². The minimum atomic E-state index is 0.226. The smallest absolute Gasteiger partial charge is 0.0473 e. The van der Waals surface area contributed by atoms with Crippen molar-refractivity contribution >= 4 is 17.1 Å². The molecule has 4 atom stereocenters. The van der Waals surface area contributed by atoms with Crippen LogP contribution in [0.5, 0.6) is 0 Å². The Kier molecular flexibility index (Phi) is 6.77. The molecule has 8 aromatic carbocycles. The Morgan fingerprint density at radius 3 is 1.33 bits per heavy atom. The molecular formula is C57H43N. The van der Waals surface area contributed by atoms with Crippen LogP contribution < -0.4 is 4.90 Å². The Morgan fingerprint density at radius 2 is 0.776 bits per heavy atom. The van der Waals surface area contributed by atoms with Crippen LogP contribution in [-0.4, -0.2) is 0 Å². The van der Waals surface area contributed by atoms with Crippen molar-refractivity contribution in [3.63, 3.8) is 0 Å². The Bertz CT molecular complexity index is 2770. The summed E-state index contributed by atoms with van der Waals surface area (Å²) in [6.45, 7) is 0. The monoisotopic (exact) mass is 741 g/mol. The van der Waals surface area contributed by atoms with E-state index in [2.05, 4.69) is 205 Å². The van der Waals surface area contributed by atoms with Crippen molar-refractivity contribution in [3.8, 4) is 55.6 Å². The third-order valence-electron chi connectivity index (χ3n) is 15.5. The average Bonchev–Trinajstić information content (AvgIpc) is 3.57. The number of hydrogen-bond donors (Lipinski definition) is 0. The van der Waals surface area contributed by atoms with Crippen LogP contribution in [0.15, 0.2) is 200 Å². The molecule has 0 radical (unpaired) electrons. The number of nitrogens with zero attached hydrogens (tertiary/aromatic N) is 1. The number of benzene rings is 8. The predicted octanol–water partition coefficient (Wildman–Crippen LogP) is 14.8. The van der Waals surface area contributed by atoms with Gasteiger partial charge in [0.25, 0.3) is 0 Å². The zero-order valence-corrected chi connectivity index (χ0v) is 32.4. The number of hydrogen-bond acceptors (Lipinski definition) is 1. The molecule has 4 fully saturated rings. The topological polar surface area (TPSA) is 3.24 Å². The van der Waals surface area contributed by atoms with Crippen LogP contribution in [-0.2, 0) is 5.41 Å². The first-order valence-electron chi connectivity index (χ1n) is 21.3. The van der Waals surface area contributed by atoms with Gasteiger partial charge in [-0.3, -0.25) is 0 Å². The molecule has 0 aromatic heterocycles. The van der Waals surface area contributed by atoms with E-state index in [0.717, 1.165) is 40.7 Å². The molecule has 58 heavy (non-hydrogen) atoms. The molecule has 276 valence electrons. The molecule has 0 aliphatic heterocycles. The fourth-order valence-corrected chi connectivity index (χ4v) is 13.2. The van der Waals surface area contributed by atoms with Crippen molar-refractivity contribution in [2.75, 3.05) is 4.90 Å². The normalized spacial score (nSPS) is 24.8. The van der Waals surface area contributed by atoms with Gasteiger partial charge in [-0.15, -0.1) is 0 Å². The van der Waals surface area contributed by atoms with Crippen LogP contribution in [0.25, 0.3) is 55.6 Å². The Hall–Kier alpha value is -6.44. The van der Waals surface area contributed by atoms with E-state index in [1.165, 1.54) is 74.9 Å². The van der Waals surface area contributed by atoms with Crippen molar-refractivity contribution in [1.82, 2.24) is 0 Å². The summed E-state index contributed by atoms with van der Waals surface area (Å²) in [7, 11) is 0. The summed E-state index contributed by atoms with van der Waals surface area (Å²) in [5.74, 6) is 3.68. The molecule has 1 nitrogen and oxygen atoms in total. The summed E-state index contributed by atoms with van der Waals surface area (Å²) in [5, 5.41) is 0. The second kappa shape index (κ2) is 12.0. The lowest BCUT2D eigenvalue weighted by molar-refractivity contribution is -0.412. The Morgan fingerprint density at radius 1 is 0.328 bits per heavy atom. The van der Waals surface area contributed by atoms with Gasteiger partial charge in [0.15, 0.2) is 0 Å². The summed E-state index contributed by atoms with van der Waals surface area (Å²) in [6, 6.07) is 74.6. The molecule has 1 heteroatoms. The maximum absolute atomic E-state index is 2.55. The van der Waals surface area contributed by atoms with Gasteiger partial charge < -0.3 is 4.90 Å². The van der Waals surface area contributed by atoms with E-state index in [4.69, 9.17) is 0 Å². The second-order valence-electron chi connectivity index (χ2n) is 17.7. The highest BCUT2D eigenvalue weighted by Crippen LogP contribution is 2.94. The lowest BCUT2D eigenvalue weighted by Gasteiger charge is -2.92. The van der Waals surface area contributed by atoms with E-state index in [-0.39, 0.29) is 5.41 Å². The first-order chi connectivity index (χ1) is 28.7. The van der Waals surface area contributed by atoms with E-state index in [0.29, 0.717) is 5.41 Å². The van der Waals surface area contributed by atoms with Crippen LogP contribution >= 0.6 is 0 Å². The zero-order chi connectivity index (χ0) is 38.0. The quantitative estimate of drug-likeness (QED) is 0.157. The highest BCUT2D eigenvalue weighted by atomic mass is 15.1. The largest absolute Gasteiger partial charge is 0.310 e. The van der Waals surface area contributed by atoms with E-state index in [9.17, 15) is 0 Å². The minimum Gasteiger partial charge on any atom is -0.310 e. The molecule has 4 saturated carbocycles. The molecule has 0 saturated heterocycles. The molecular weight excluding hydrogens is 699 g/mol. The van der Waals surface area contributed by atoms with Crippen LogP contribution in [0.4, 0.5) is 17.1 Å². The average molecular weight is 742 g/mol. The lowest BCUT2D eigenvalue weighted by Crippen LogP contribution is -2.88. The second-order valence-corrected chi connectivity index (χ2v) is 17.7. The SMILES string of the molecule is c1ccc(-c2ccc(N(c3ccc(-c4ccccc4)cc3)c3cc(-c4ccccc4)cc(-c4ccc5c(c4)-c4ccccc4C54C5CC6CC7CC4C675)c3)cc2)cc1. The van der Waals surface area contributed by atoms with Gasteiger partial charge in [0, 0.05) is 22.5 Å². The summed E-state index contributed by atoms with van der Waals surface area (Å²) < 4.78 is 0. The fraction of sp³-hybridized carbons (Fsp3) is 0.158. The first kappa shape index (κ1) is 32.6. The summed E-state index contributed by atoms with van der Waals surface area (Å²) in [4.78, 5) is 2.43. The highest BCUT2D eigenvalue weighted by Gasteiger charge is 2.90. The Labute approximate surface area is 341 Å². The van der Waals surface area contributed by atoms with Crippen molar-refractivity contribution in [2.24, 2.45) is 29.1 Å². The van der Waals surface area contributed by atoms with E-state index in [1.54, 1.807) is 11.1 Å². The van der Waals surface area contributed by atoms with Gasteiger partial charge in [-0.2, -0.15) is 0 Å². The molecule has 4 unspecified atom stereocenters. The van der Waals surface area contributed by atoms with Crippen molar-refractivity contribution < 1.29 is 0 Å². The van der Waals surface area contributed by atoms with Gasteiger partial charge in [0.05, 0.1) is 0 Å². The molecule has 5 aliphatic carbocycles. The van der Waals surface area contributed by atoms with Gasteiger partial charge in [0.2, 0.25) is 0 Å². The molecule has 8 aromatic rings. The lowest BCUT2D eigenvalue weighted by atomic mass is 9.11. The molecule has 0 N–H and O–H groups in total. The molecule has 2 spiro atoms. The van der Waals surface area contributed by atoms with Crippen LogP contribution in [0, 0.1) is 29.1 Å². The molecule has 0 bridgehead atoms. The van der Waals surface area contributed by atoms with Gasteiger partial charge in [0.1, 0.15) is 0 Å². The molecule has 13 rings (SSSR count). The molecule has 0 amide bonds. The van der Waals surface area contributed by atoms with Gasteiger partial charge in [-0.1, -0.05) is 152 Å². The third kappa shape index (κ3) is 4.26. The minimum absolute atomic E-state index is 0.226.